The second-order valence-electron chi connectivity index (χ2n) is 6.08. The third-order valence-electron chi connectivity index (χ3n) is 4.08. The molecule has 0 saturated carbocycles. The summed E-state index contributed by atoms with van der Waals surface area (Å²) in [5.74, 6) is 0. The third-order valence-corrected chi connectivity index (χ3v) is 6.53. The summed E-state index contributed by atoms with van der Waals surface area (Å²) < 4.78 is 56.6. The summed E-state index contributed by atoms with van der Waals surface area (Å²) in [7, 11) is -1.83. The SMILES string of the molecule is Nc1cc(Cl)cc(Cl)c1SNC(Cn1cc(S(N)=O)c2ccccc21)C(F)(F)F. The van der Waals surface area contributed by atoms with Crippen molar-refractivity contribution >= 4 is 62.7 Å². The summed E-state index contributed by atoms with van der Waals surface area (Å²) in [5.41, 5.74) is 6.47. The van der Waals surface area contributed by atoms with Gasteiger partial charge in [0, 0.05) is 34.4 Å². The normalized spacial score (nSPS) is 14.3. The molecule has 0 amide bonds. The largest absolute Gasteiger partial charge is 0.406 e. The van der Waals surface area contributed by atoms with Crippen molar-refractivity contribution in [2.24, 2.45) is 5.14 Å². The monoisotopic (exact) mass is 482 g/mol. The van der Waals surface area contributed by atoms with Crippen molar-refractivity contribution in [2.45, 2.75) is 28.6 Å². The summed E-state index contributed by atoms with van der Waals surface area (Å²) in [5, 5.41) is 6.42. The van der Waals surface area contributed by atoms with E-state index in [4.69, 9.17) is 34.1 Å². The Bertz CT molecular complexity index is 1050. The van der Waals surface area contributed by atoms with Crippen LogP contribution in [0.1, 0.15) is 0 Å². The first-order valence-electron chi connectivity index (χ1n) is 8.05. The van der Waals surface area contributed by atoms with Crippen molar-refractivity contribution in [2.75, 3.05) is 5.73 Å². The lowest BCUT2D eigenvalue weighted by atomic mass is 10.2. The zero-order chi connectivity index (χ0) is 21.3. The Morgan fingerprint density at radius 3 is 2.55 bits per heavy atom. The number of halogens is 5. The van der Waals surface area contributed by atoms with Crippen LogP contribution in [-0.4, -0.2) is 21.0 Å². The average Bonchev–Trinajstić information content (AvgIpc) is 2.98. The molecule has 2 atom stereocenters. The third kappa shape index (κ3) is 5.01. The molecule has 0 aliphatic heterocycles. The maximum atomic E-state index is 13.7. The molecule has 2 unspecified atom stereocenters. The molecule has 0 saturated heterocycles. The Hall–Kier alpha value is -1.43. The molecule has 5 N–H and O–H groups in total. The minimum absolute atomic E-state index is 0.139. The number of benzene rings is 2. The topological polar surface area (TPSA) is 86.1 Å². The van der Waals surface area contributed by atoms with Crippen LogP contribution in [0, 0.1) is 0 Å². The number of fused-ring (bicyclic) bond motifs is 1. The molecule has 5 nitrogen and oxygen atoms in total. The van der Waals surface area contributed by atoms with Gasteiger partial charge in [-0.3, -0.25) is 0 Å². The van der Waals surface area contributed by atoms with Gasteiger partial charge in [0.05, 0.1) is 14.8 Å². The molecule has 12 heteroatoms. The van der Waals surface area contributed by atoms with Crippen molar-refractivity contribution in [1.29, 1.82) is 0 Å². The number of hydrogen-bond acceptors (Lipinski definition) is 4. The van der Waals surface area contributed by atoms with E-state index in [0.29, 0.717) is 22.9 Å². The molecule has 3 aromatic rings. The maximum absolute atomic E-state index is 13.7. The van der Waals surface area contributed by atoms with Crippen molar-refractivity contribution in [3.8, 4) is 0 Å². The Morgan fingerprint density at radius 2 is 1.93 bits per heavy atom. The lowest BCUT2D eigenvalue weighted by molar-refractivity contribution is -0.153. The van der Waals surface area contributed by atoms with Crippen LogP contribution in [0.4, 0.5) is 18.9 Å². The zero-order valence-electron chi connectivity index (χ0n) is 14.5. The number of hydrogen-bond donors (Lipinski definition) is 3. The molecule has 0 bridgehead atoms. The van der Waals surface area contributed by atoms with Crippen LogP contribution in [0.3, 0.4) is 0 Å². The molecule has 156 valence electrons. The first kappa shape index (κ1) is 22.3. The molecule has 0 radical (unpaired) electrons. The van der Waals surface area contributed by atoms with E-state index < -0.39 is 29.7 Å². The van der Waals surface area contributed by atoms with E-state index in [1.807, 2.05) is 0 Å². The molecule has 0 aliphatic carbocycles. The summed E-state index contributed by atoms with van der Waals surface area (Å²) in [6.07, 6.45) is -3.20. The highest BCUT2D eigenvalue weighted by atomic mass is 35.5. The highest BCUT2D eigenvalue weighted by Gasteiger charge is 2.40. The van der Waals surface area contributed by atoms with Gasteiger partial charge in [0.2, 0.25) is 0 Å². The first-order chi connectivity index (χ1) is 13.6. The second-order valence-corrected chi connectivity index (χ2v) is 8.81. The summed E-state index contributed by atoms with van der Waals surface area (Å²) in [6, 6.07) is 7.53. The summed E-state index contributed by atoms with van der Waals surface area (Å²) in [6.45, 7) is -0.473. The predicted octanol–water partition coefficient (Wildman–Crippen LogP) is 4.74. The molecule has 29 heavy (non-hydrogen) atoms. The van der Waals surface area contributed by atoms with Crippen LogP contribution in [0.25, 0.3) is 10.9 Å². The van der Waals surface area contributed by atoms with Gasteiger partial charge in [-0.15, -0.1) is 0 Å². The molecule has 2 aromatic carbocycles. The number of nitrogens with two attached hydrogens (primary N) is 2. The van der Waals surface area contributed by atoms with Crippen molar-refractivity contribution in [1.82, 2.24) is 9.29 Å². The van der Waals surface area contributed by atoms with Crippen molar-refractivity contribution in [3.63, 3.8) is 0 Å². The highest BCUT2D eigenvalue weighted by Crippen LogP contribution is 2.36. The molecular weight excluding hydrogens is 468 g/mol. The van der Waals surface area contributed by atoms with Crippen molar-refractivity contribution < 1.29 is 17.4 Å². The van der Waals surface area contributed by atoms with Gasteiger partial charge >= 0.3 is 6.18 Å². The van der Waals surface area contributed by atoms with E-state index in [2.05, 4.69) is 4.72 Å². The number of rotatable bonds is 6. The molecule has 1 heterocycles. The Morgan fingerprint density at radius 1 is 1.24 bits per heavy atom. The van der Waals surface area contributed by atoms with Gasteiger partial charge in [-0.1, -0.05) is 41.4 Å². The van der Waals surface area contributed by atoms with Gasteiger partial charge in [-0.2, -0.15) is 13.2 Å². The number of anilines is 1. The van der Waals surface area contributed by atoms with Gasteiger partial charge in [0.15, 0.2) is 0 Å². The molecule has 1 aromatic heterocycles. The van der Waals surface area contributed by atoms with Crippen LogP contribution in [-0.2, 0) is 17.5 Å². The van der Waals surface area contributed by atoms with Gasteiger partial charge in [0.1, 0.15) is 17.0 Å². The lowest BCUT2D eigenvalue weighted by Crippen LogP contribution is -2.42. The second kappa shape index (κ2) is 8.75. The summed E-state index contributed by atoms with van der Waals surface area (Å²) in [4.78, 5) is 0.505. The number of alkyl halides is 3. The number of nitrogens with one attached hydrogen (secondary N) is 1. The fourth-order valence-corrected chi connectivity index (χ4v) is 4.79. The number of nitrogens with zero attached hydrogens (tertiary/aromatic N) is 1. The van der Waals surface area contributed by atoms with E-state index in [1.54, 1.807) is 24.3 Å². The lowest BCUT2D eigenvalue weighted by Gasteiger charge is -2.22. The van der Waals surface area contributed by atoms with E-state index in [1.165, 1.54) is 22.9 Å². The van der Waals surface area contributed by atoms with Gasteiger partial charge in [-0.25, -0.2) is 14.1 Å². The van der Waals surface area contributed by atoms with Crippen LogP contribution < -0.4 is 15.6 Å². The predicted molar refractivity (Wildman–Crippen MR) is 112 cm³/mol. The quantitative estimate of drug-likeness (QED) is 0.349. The van der Waals surface area contributed by atoms with E-state index in [9.17, 15) is 17.4 Å². The Kier molecular flexibility index (Phi) is 6.71. The molecule has 0 fully saturated rings. The molecular formula is C17H15Cl2F3N4OS2. The Labute approximate surface area is 181 Å². The van der Waals surface area contributed by atoms with Crippen LogP contribution in [0.5, 0.6) is 0 Å². The number of nitrogen functional groups attached to an aromatic ring is 1. The molecule has 3 rings (SSSR count). The van der Waals surface area contributed by atoms with Gasteiger partial charge in [0.25, 0.3) is 0 Å². The molecule has 0 spiro atoms. The minimum atomic E-state index is -4.58. The Balaban J connectivity index is 1.90. The fourth-order valence-electron chi connectivity index (χ4n) is 2.75. The van der Waals surface area contributed by atoms with Crippen LogP contribution in [0.2, 0.25) is 10.0 Å². The minimum Gasteiger partial charge on any atom is -0.398 e. The smallest absolute Gasteiger partial charge is 0.398 e. The van der Waals surface area contributed by atoms with Gasteiger partial charge < -0.3 is 10.3 Å². The molecule has 0 aliphatic rings. The maximum Gasteiger partial charge on any atom is 0.406 e. The standard InChI is InChI=1S/C17H15Cl2F3N4OS2/c18-9-5-11(19)16(12(23)6-9)28-25-15(17(20,21)22)8-26-7-14(29(24)27)10-3-1-2-4-13(10)26/h1-7,15,25H,8,23-24H2. The fraction of sp³-hybridized carbons (Fsp3) is 0.176. The summed E-state index contributed by atoms with van der Waals surface area (Å²) >= 11 is 12.6. The first-order valence-corrected chi connectivity index (χ1v) is 10.8. The van der Waals surface area contributed by atoms with E-state index in [0.717, 1.165) is 0 Å². The van der Waals surface area contributed by atoms with Crippen LogP contribution >= 0.6 is 35.1 Å². The number of para-hydroxylation sites is 1. The average molecular weight is 483 g/mol. The van der Waals surface area contributed by atoms with Crippen molar-refractivity contribution in [3.05, 3.63) is 52.6 Å². The van der Waals surface area contributed by atoms with E-state index >= 15 is 0 Å². The highest BCUT2D eigenvalue weighted by molar-refractivity contribution is 7.97. The zero-order valence-corrected chi connectivity index (χ0v) is 17.7. The number of aromatic nitrogens is 1. The van der Waals surface area contributed by atoms with Gasteiger partial charge in [-0.05, 0) is 30.1 Å². The van der Waals surface area contributed by atoms with Crippen LogP contribution in [0.15, 0.2) is 52.4 Å². The van der Waals surface area contributed by atoms with E-state index in [-0.39, 0.29) is 25.5 Å².